The van der Waals surface area contributed by atoms with Crippen LogP contribution in [0, 0.1) is 24.0 Å². The number of nitrogens with two attached hydrogens (primary N) is 1. The Morgan fingerprint density at radius 2 is 1.71 bits per heavy atom. The SMILES string of the molecule is Cc1ccc([C@H](N)[C@H](O)C(C)(C)C)c(F)c1F. The molecule has 0 aliphatic carbocycles. The first-order valence-corrected chi connectivity index (χ1v) is 5.54. The van der Waals surface area contributed by atoms with Crippen LogP contribution < -0.4 is 5.73 Å². The van der Waals surface area contributed by atoms with Crippen LogP contribution in [0.5, 0.6) is 0 Å². The topological polar surface area (TPSA) is 46.2 Å². The van der Waals surface area contributed by atoms with E-state index in [9.17, 15) is 13.9 Å². The standard InChI is InChI=1S/C13H19F2NO/c1-7-5-6-8(10(15)9(7)14)11(16)12(17)13(2,3)4/h5-6,11-12,17H,16H2,1-4H3/t11-,12-/m0/s1. The Labute approximate surface area is 100 Å². The Kier molecular flexibility index (Phi) is 3.89. The van der Waals surface area contributed by atoms with Crippen LogP contribution in [-0.4, -0.2) is 11.2 Å². The van der Waals surface area contributed by atoms with Gasteiger partial charge < -0.3 is 10.8 Å². The van der Waals surface area contributed by atoms with E-state index in [1.54, 1.807) is 20.8 Å². The lowest BCUT2D eigenvalue weighted by Gasteiger charge is -2.31. The average Bonchev–Trinajstić information content (AvgIpc) is 2.23. The van der Waals surface area contributed by atoms with Crippen LogP contribution in [0.15, 0.2) is 12.1 Å². The van der Waals surface area contributed by atoms with Gasteiger partial charge >= 0.3 is 0 Å². The Morgan fingerprint density at radius 1 is 1.18 bits per heavy atom. The lowest BCUT2D eigenvalue weighted by Crippen LogP contribution is -2.37. The molecule has 1 aromatic carbocycles. The largest absolute Gasteiger partial charge is 0.391 e. The van der Waals surface area contributed by atoms with Crippen molar-refractivity contribution in [3.63, 3.8) is 0 Å². The normalized spacial score (nSPS) is 15.8. The molecule has 0 spiro atoms. The fraction of sp³-hybridized carbons (Fsp3) is 0.538. The second kappa shape index (κ2) is 4.70. The summed E-state index contributed by atoms with van der Waals surface area (Å²) in [6, 6.07) is 1.95. The number of halogens is 2. The summed E-state index contributed by atoms with van der Waals surface area (Å²) in [4.78, 5) is 0. The molecule has 4 heteroatoms. The Hall–Kier alpha value is -1.00. The second-order valence-corrected chi connectivity index (χ2v) is 5.44. The highest BCUT2D eigenvalue weighted by Crippen LogP contribution is 2.30. The zero-order valence-electron chi connectivity index (χ0n) is 10.6. The van der Waals surface area contributed by atoms with Crippen LogP contribution >= 0.6 is 0 Å². The lowest BCUT2D eigenvalue weighted by molar-refractivity contribution is 0.0390. The first-order chi connectivity index (χ1) is 7.66. The Bertz CT molecular complexity index is 413. The van der Waals surface area contributed by atoms with Crippen LogP contribution in [0.25, 0.3) is 0 Å². The summed E-state index contributed by atoms with van der Waals surface area (Å²) in [5.74, 6) is -1.88. The summed E-state index contributed by atoms with van der Waals surface area (Å²) < 4.78 is 27.1. The van der Waals surface area contributed by atoms with E-state index in [0.717, 1.165) is 0 Å². The zero-order chi connectivity index (χ0) is 13.4. The van der Waals surface area contributed by atoms with Crippen LogP contribution in [0.3, 0.4) is 0 Å². The van der Waals surface area contributed by atoms with Gasteiger partial charge in [0.1, 0.15) is 0 Å². The molecule has 0 saturated heterocycles. The Morgan fingerprint density at radius 3 is 2.18 bits per heavy atom. The average molecular weight is 243 g/mol. The number of aliphatic hydroxyl groups excluding tert-OH is 1. The number of hydrogen-bond acceptors (Lipinski definition) is 2. The highest BCUT2D eigenvalue weighted by Gasteiger charge is 2.31. The van der Waals surface area contributed by atoms with Crippen LogP contribution in [-0.2, 0) is 0 Å². The maximum Gasteiger partial charge on any atom is 0.163 e. The minimum Gasteiger partial charge on any atom is -0.391 e. The molecular weight excluding hydrogens is 224 g/mol. The van der Waals surface area contributed by atoms with Gasteiger partial charge in [0.05, 0.1) is 12.1 Å². The van der Waals surface area contributed by atoms with E-state index in [1.807, 2.05) is 0 Å². The predicted octanol–water partition coefficient (Wildman–Crippen LogP) is 2.68. The minimum atomic E-state index is -0.971. The molecule has 96 valence electrons. The quantitative estimate of drug-likeness (QED) is 0.839. The van der Waals surface area contributed by atoms with E-state index in [1.165, 1.54) is 19.1 Å². The molecule has 0 fully saturated rings. The lowest BCUT2D eigenvalue weighted by atomic mass is 9.82. The molecule has 0 unspecified atom stereocenters. The van der Waals surface area contributed by atoms with Crippen molar-refractivity contribution in [2.45, 2.75) is 39.8 Å². The highest BCUT2D eigenvalue weighted by molar-refractivity contribution is 5.28. The van der Waals surface area contributed by atoms with Crippen LogP contribution in [0.4, 0.5) is 8.78 Å². The first kappa shape index (κ1) is 14.1. The van der Waals surface area contributed by atoms with Gasteiger partial charge in [0.25, 0.3) is 0 Å². The molecule has 0 aromatic heterocycles. The van der Waals surface area contributed by atoms with E-state index in [2.05, 4.69) is 0 Å². The van der Waals surface area contributed by atoms with Crippen molar-refractivity contribution in [3.05, 3.63) is 34.9 Å². The van der Waals surface area contributed by atoms with Gasteiger partial charge in [-0.1, -0.05) is 32.9 Å². The predicted molar refractivity (Wildman–Crippen MR) is 63.5 cm³/mol. The van der Waals surface area contributed by atoms with Gasteiger partial charge in [-0.15, -0.1) is 0 Å². The van der Waals surface area contributed by atoms with Crippen molar-refractivity contribution in [1.82, 2.24) is 0 Å². The van der Waals surface area contributed by atoms with E-state index in [0.29, 0.717) is 0 Å². The summed E-state index contributed by atoms with van der Waals surface area (Å²) in [6.45, 7) is 6.85. The third kappa shape index (κ3) is 2.82. The molecule has 0 radical (unpaired) electrons. The molecule has 1 rings (SSSR count). The third-order valence-electron chi connectivity index (χ3n) is 2.89. The van der Waals surface area contributed by atoms with Gasteiger partial charge in [-0.2, -0.15) is 0 Å². The Balaban J connectivity index is 3.14. The van der Waals surface area contributed by atoms with Crippen molar-refractivity contribution in [2.24, 2.45) is 11.1 Å². The summed E-state index contributed by atoms with van der Waals surface area (Å²) >= 11 is 0. The van der Waals surface area contributed by atoms with Crippen molar-refractivity contribution in [1.29, 1.82) is 0 Å². The number of hydrogen-bond donors (Lipinski definition) is 2. The minimum absolute atomic E-state index is 0.00975. The smallest absolute Gasteiger partial charge is 0.163 e. The molecule has 0 amide bonds. The van der Waals surface area contributed by atoms with E-state index >= 15 is 0 Å². The van der Waals surface area contributed by atoms with Crippen molar-refractivity contribution in [3.8, 4) is 0 Å². The molecule has 0 heterocycles. The summed E-state index contributed by atoms with van der Waals surface area (Å²) in [5, 5.41) is 9.98. The molecule has 2 atom stereocenters. The van der Waals surface area contributed by atoms with Gasteiger partial charge in [-0.3, -0.25) is 0 Å². The second-order valence-electron chi connectivity index (χ2n) is 5.44. The maximum absolute atomic E-state index is 13.7. The van der Waals surface area contributed by atoms with Gasteiger partial charge in [0.15, 0.2) is 11.6 Å². The third-order valence-corrected chi connectivity index (χ3v) is 2.89. The molecular formula is C13H19F2NO. The van der Waals surface area contributed by atoms with Crippen molar-refractivity contribution < 1.29 is 13.9 Å². The number of benzene rings is 1. The first-order valence-electron chi connectivity index (χ1n) is 5.54. The molecule has 17 heavy (non-hydrogen) atoms. The summed E-state index contributed by atoms with van der Waals surface area (Å²) in [6.07, 6.45) is -0.945. The zero-order valence-corrected chi connectivity index (χ0v) is 10.6. The van der Waals surface area contributed by atoms with Gasteiger partial charge in [0, 0.05) is 5.56 Å². The summed E-state index contributed by atoms with van der Waals surface area (Å²) in [5.41, 5.74) is 5.53. The molecule has 0 saturated carbocycles. The van der Waals surface area contributed by atoms with Gasteiger partial charge in [-0.05, 0) is 17.9 Å². The fourth-order valence-electron chi connectivity index (χ4n) is 1.63. The van der Waals surface area contributed by atoms with E-state index in [-0.39, 0.29) is 11.1 Å². The molecule has 0 aliphatic heterocycles. The van der Waals surface area contributed by atoms with Gasteiger partial charge in [0.2, 0.25) is 0 Å². The van der Waals surface area contributed by atoms with Crippen molar-refractivity contribution in [2.75, 3.05) is 0 Å². The number of aryl methyl sites for hydroxylation is 1. The molecule has 3 N–H and O–H groups in total. The highest BCUT2D eigenvalue weighted by atomic mass is 19.2. The van der Waals surface area contributed by atoms with Crippen molar-refractivity contribution >= 4 is 0 Å². The fourth-order valence-corrected chi connectivity index (χ4v) is 1.63. The summed E-state index contributed by atoms with van der Waals surface area (Å²) in [7, 11) is 0. The van der Waals surface area contributed by atoms with Gasteiger partial charge in [-0.25, -0.2) is 8.78 Å². The van der Waals surface area contributed by atoms with E-state index in [4.69, 9.17) is 5.73 Å². The molecule has 0 aliphatic rings. The molecule has 0 bridgehead atoms. The van der Waals surface area contributed by atoms with E-state index < -0.39 is 29.2 Å². The van der Waals surface area contributed by atoms with Crippen LogP contribution in [0.2, 0.25) is 0 Å². The monoisotopic (exact) mass is 243 g/mol. The maximum atomic E-state index is 13.7. The van der Waals surface area contributed by atoms with Crippen LogP contribution in [0.1, 0.15) is 37.9 Å². The molecule has 1 aromatic rings. The number of aliphatic hydroxyl groups is 1. The molecule has 2 nitrogen and oxygen atoms in total. The number of rotatable bonds is 2.